The number of ether oxygens (including phenoxy) is 1. The standard InChI is InChI=1S/C17H13BrO2S/c18-11-7-10-5-6-20-17(10)13(8-11)16(19)14-9-21-15-4-2-1-3-12(14)15/h1-4,7-9,16,19H,5-6H2. The van der Waals surface area contributed by atoms with Crippen LogP contribution in [0, 0.1) is 0 Å². The second kappa shape index (κ2) is 5.13. The Labute approximate surface area is 135 Å². The number of fused-ring (bicyclic) bond motifs is 2. The van der Waals surface area contributed by atoms with Crippen LogP contribution in [0.5, 0.6) is 5.75 Å². The van der Waals surface area contributed by atoms with Crippen LogP contribution < -0.4 is 4.74 Å². The number of aliphatic hydroxyl groups is 1. The molecule has 0 saturated carbocycles. The largest absolute Gasteiger partial charge is 0.493 e. The van der Waals surface area contributed by atoms with Crippen LogP contribution in [0.2, 0.25) is 0 Å². The number of rotatable bonds is 2. The highest BCUT2D eigenvalue weighted by Gasteiger charge is 2.24. The van der Waals surface area contributed by atoms with Crippen LogP contribution >= 0.6 is 27.3 Å². The molecule has 106 valence electrons. The molecule has 4 rings (SSSR count). The minimum atomic E-state index is -0.662. The average molecular weight is 361 g/mol. The fourth-order valence-corrected chi connectivity index (χ4v) is 4.38. The van der Waals surface area contributed by atoms with Crippen LogP contribution in [0.25, 0.3) is 10.1 Å². The van der Waals surface area contributed by atoms with Gasteiger partial charge in [-0.25, -0.2) is 0 Å². The molecule has 1 aliphatic heterocycles. The number of benzene rings is 2. The van der Waals surface area contributed by atoms with E-state index in [1.807, 2.05) is 23.6 Å². The maximum atomic E-state index is 10.9. The van der Waals surface area contributed by atoms with Crippen molar-refractivity contribution in [1.29, 1.82) is 0 Å². The molecule has 0 aliphatic carbocycles. The Morgan fingerprint density at radius 2 is 2.05 bits per heavy atom. The van der Waals surface area contributed by atoms with E-state index >= 15 is 0 Å². The smallest absolute Gasteiger partial charge is 0.128 e. The van der Waals surface area contributed by atoms with Crippen LogP contribution in [0.4, 0.5) is 0 Å². The van der Waals surface area contributed by atoms with Gasteiger partial charge in [0.1, 0.15) is 11.9 Å². The minimum absolute atomic E-state index is 0.662. The Balaban J connectivity index is 1.87. The number of hydrogen-bond acceptors (Lipinski definition) is 3. The van der Waals surface area contributed by atoms with E-state index in [1.54, 1.807) is 11.3 Å². The number of aliphatic hydroxyl groups excluding tert-OH is 1. The van der Waals surface area contributed by atoms with E-state index in [0.29, 0.717) is 6.61 Å². The first-order chi connectivity index (χ1) is 10.2. The maximum absolute atomic E-state index is 10.9. The zero-order valence-corrected chi connectivity index (χ0v) is 13.6. The summed E-state index contributed by atoms with van der Waals surface area (Å²) in [4.78, 5) is 0. The van der Waals surface area contributed by atoms with Gasteiger partial charge in [-0.05, 0) is 34.5 Å². The molecular weight excluding hydrogens is 348 g/mol. The monoisotopic (exact) mass is 360 g/mol. The third kappa shape index (κ3) is 2.18. The summed E-state index contributed by atoms with van der Waals surface area (Å²) in [5.74, 6) is 0.848. The van der Waals surface area contributed by atoms with Gasteiger partial charge in [0.2, 0.25) is 0 Å². The van der Waals surface area contributed by atoms with Gasteiger partial charge in [0.05, 0.1) is 6.61 Å². The third-order valence-electron chi connectivity index (χ3n) is 3.88. The molecule has 2 nitrogen and oxygen atoms in total. The first kappa shape index (κ1) is 13.3. The summed E-state index contributed by atoms with van der Waals surface area (Å²) in [5, 5.41) is 14.0. The van der Waals surface area contributed by atoms with Gasteiger partial charge < -0.3 is 9.84 Å². The van der Waals surface area contributed by atoms with Crippen molar-refractivity contribution in [3.63, 3.8) is 0 Å². The van der Waals surface area contributed by atoms with Crippen molar-refractivity contribution in [3.05, 3.63) is 62.9 Å². The van der Waals surface area contributed by atoms with Gasteiger partial charge in [-0.3, -0.25) is 0 Å². The fourth-order valence-electron chi connectivity index (χ4n) is 2.88. The van der Waals surface area contributed by atoms with Gasteiger partial charge in [-0.2, -0.15) is 0 Å². The molecule has 1 N–H and O–H groups in total. The predicted octanol–water partition coefficient (Wildman–Crippen LogP) is 4.68. The molecule has 1 atom stereocenters. The maximum Gasteiger partial charge on any atom is 0.128 e. The highest BCUT2D eigenvalue weighted by molar-refractivity contribution is 9.10. The lowest BCUT2D eigenvalue weighted by atomic mass is 9.98. The molecule has 2 heterocycles. The van der Waals surface area contributed by atoms with Gasteiger partial charge in [-0.15, -0.1) is 11.3 Å². The predicted molar refractivity (Wildman–Crippen MR) is 89.2 cm³/mol. The lowest BCUT2D eigenvalue weighted by molar-refractivity contribution is 0.215. The normalized spacial score (nSPS) is 15.0. The summed E-state index contributed by atoms with van der Waals surface area (Å²) < 4.78 is 7.92. The van der Waals surface area contributed by atoms with E-state index in [1.165, 1.54) is 4.70 Å². The Hall–Kier alpha value is -1.36. The Kier molecular flexibility index (Phi) is 3.25. The Morgan fingerprint density at radius 1 is 1.19 bits per heavy atom. The minimum Gasteiger partial charge on any atom is -0.493 e. The summed E-state index contributed by atoms with van der Waals surface area (Å²) >= 11 is 5.19. The molecule has 1 aliphatic rings. The Morgan fingerprint density at radius 3 is 2.95 bits per heavy atom. The fraction of sp³-hybridized carbons (Fsp3) is 0.176. The molecule has 0 fully saturated rings. The van der Waals surface area contributed by atoms with Gasteiger partial charge in [0, 0.05) is 26.7 Å². The van der Waals surface area contributed by atoms with E-state index in [-0.39, 0.29) is 0 Å². The highest BCUT2D eigenvalue weighted by atomic mass is 79.9. The van der Waals surface area contributed by atoms with Crippen molar-refractivity contribution >= 4 is 37.4 Å². The molecule has 1 aromatic heterocycles. The summed E-state index contributed by atoms with van der Waals surface area (Å²) in [7, 11) is 0. The van der Waals surface area contributed by atoms with E-state index < -0.39 is 6.10 Å². The summed E-state index contributed by atoms with van der Waals surface area (Å²) in [6.07, 6.45) is 0.240. The molecule has 1 unspecified atom stereocenters. The lowest BCUT2D eigenvalue weighted by Crippen LogP contribution is -2.01. The lowest BCUT2D eigenvalue weighted by Gasteiger charge is -2.15. The van der Waals surface area contributed by atoms with Crippen LogP contribution in [-0.4, -0.2) is 11.7 Å². The van der Waals surface area contributed by atoms with Crippen molar-refractivity contribution in [2.24, 2.45) is 0 Å². The van der Waals surface area contributed by atoms with Gasteiger partial charge in [0.15, 0.2) is 0 Å². The molecular formula is C17H13BrO2S. The molecule has 3 aromatic rings. The molecule has 4 heteroatoms. The zero-order chi connectivity index (χ0) is 14.4. The van der Waals surface area contributed by atoms with Crippen molar-refractivity contribution in [2.45, 2.75) is 12.5 Å². The van der Waals surface area contributed by atoms with E-state index in [0.717, 1.165) is 38.7 Å². The first-order valence-corrected chi connectivity index (χ1v) is 8.50. The third-order valence-corrected chi connectivity index (χ3v) is 5.32. The molecule has 0 spiro atoms. The van der Waals surface area contributed by atoms with Gasteiger partial charge >= 0.3 is 0 Å². The zero-order valence-electron chi connectivity index (χ0n) is 11.2. The van der Waals surface area contributed by atoms with Crippen molar-refractivity contribution in [2.75, 3.05) is 6.61 Å². The second-order valence-corrected chi connectivity index (χ2v) is 7.00. The molecule has 2 aromatic carbocycles. The molecule has 0 bridgehead atoms. The van der Waals surface area contributed by atoms with Crippen molar-refractivity contribution < 1.29 is 9.84 Å². The number of hydrogen-bond donors (Lipinski definition) is 1. The highest BCUT2D eigenvalue weighted by Crippen LogP contribution is 2.41. The molecule has 0 radical (unpaired) electrons. The quantitative estimate of drug-likeness (QED) is 0.718. The van der Waals surface area contributed by atoms with E-state index in [2.05, 4.69) is 34.1 Å². The van der Waals surface area contributed by atoms with E-state index in [9.17, 15) is 5.11 Å². The summed E-state index contributed by atoms with van der Waals surface area (Å²) in [5.41, 5.74) is 2.96. The van der Waals surface area contributed by atoms with Crippen LogP contribution in [0.15, 0.2) is 46.3 Å². The second-order valence-electron chi connectivity index (χ2n) is 5.17. The molecule has 0 amide bonds. The van der Waals surface area contributed by atoms with Gasteiger partial charge in [0.25, 0.3) is 0 Å². The Bertz CT molecular complexity index is 825. The van der Waals surface area contributed by atoms with E-state index in [4.69, 9.17) is 4.74 Å². The van der Waals surface area contributed by atoms with Crippen LogP contribution in [0.1, 0.15) is 22.8 Å². The first-order valence-electron chi connectivity index (χ1n) is 6.83. The number of thiophene rings is 1. The summed E-state index contributed by atoms with van der Waals surface area (Å²) in [6, 6.07) is 12.2. The average Bonchev–Trinajstić information content (AvgIpc) is 3.11. The summed E-state index contributed by atoms with van der Waals surface area (Å²) in [6.45, 7) is 0.690. The van der Waals surface area contributed by atoms with Crippen molar-refractivity contribution in [3.8, 4) is 5.75 Å². The SMILES string of the molecule is OC(c1cc(Br)cc2c1OCC2)c1csc2ccccc12. The number of halogens is 1. The molecule has 0 saturated heterocycles. The molecule has 21 heavy (non-hydrogen) atoms. The topological polar surface area (TPSA) is 29.5 Å². The van der Waals surface area contributed by atoms with Gasteiger partial charge in [-0.1, -0.05) is 34.1 Å². The van der Waals surface area contributed by atoms with Crippen LogP contribution in [0.3, 0.4) is 0 Å². The van der Waals surface area contributed by atoms with Crippen LogP contribution in [-0.2, 0) is 6.42 Å². The van der Waals surface area contributed by atoms with Crippen molar-refractivity contribution in [1.82, 2.24) is 0 Å².